The van der Waals surface area contributed by atoms with Crippen molar-refractivity contribution in [1.29, 1.82) is 0 Å². The molecule has 2 unspecified atom stereocenters. The molecule has 2 fully saturated rings. The van der Waals surface area contributed by atoms with Gasteiger partial charge in [-0.1, -0.05) is 60.7 Å². The molecule has 2 atom stereocenters. The van der Waals surface area contributed by atoms with Gasteiger partial charge in [0.15, 0.2) is 0 Å². The fourth-order valence-corrected chi connectivity index (χ4v) is 4.70. The van der Waals surface area contributed by atoms with Gasteiger partial charge in [0.25, 0.3) is 0 Å². The molecule has 37 heavy (non-hydrogen) atoms. The highest BCUT2D eigenvalue weighted by atomic mass is 16.6. The first kappa shape index (κ1) is 29.1. The van der Waals surface area contributed by atoms with Crippen LogP contribution in [0.15, 0.2) is 60.7 Å². The zero-order valence-electron chi connectivity index (χ0n) is 22.5. The number of alkyl carbamates (subject to hydrolysis) is 1. The maximum atomic E-state index is 11.7. The van der Waals surface area contributed by atoms with Crippen molar-refractivity contribution in [1.82, 2.24) is 15.1 Å². The maximum absolute atomic E-state index is 11.7. The average molecular weight is 513 g/mol. The van der Waals surface area contributed by atoms with E-state index in [1.165, 1.54) is 11.1 Å². The fraction of sp³-hybridized carbons (Fsp3) is 0.552. The lowest BCUT2D eigenvalue weighted by atomic mass is 10.0. The molecule has 2 heterocycles. The van der Waals surface area contributed by atoms with E-state index in [-0.39, 0.29) is 6.54 Å². The van der Waals surface area contributed by atoms with E-state index >= 15 is 0 Å². The van der Waals surface area contributed by atoms with Crippen LogP contribution in [0.5, 0.6) is 0 Å². The Balaban J connectivity index is 0.000000220. The molecule has 0 radical (unpaired) electrons. The largest absolute Gasteiger partial charge is 0.444 e. The van der Waals surface area contributed by atoms with Gasteiger partial charge in [-0.2, -0.15) is 0 Å². The van der Waals surface area contributed by atoms with E-state index in [9.17, 15) is 15.0 Å². The third-order valence-electron chi connectivity index (χ3n) is 6.66. The minimum Gasteiger partial charge on any atom is -0.444 e. The molecule has 4 rings (SSSR count). The Kier molecular flexibility index (Phi) is 10.1. The van der Waals surface area contributed by atoms with Crippen molar-refractivity contribution in [3.05, 3.63) is 71.8 Å². The molecule has 2 aliphatic rings. The van der Waals surface area contributed by atoms with E-state index in [2.05, 4.69) is 39.4 Å². The van der Waals surface area contributed by atoms with Crippen LogP contribution in [0.3, 0.4) is 0 Å². The maximum Gasteiger partial charge on any atom is 0.407 e. The Labute approximate surface area is 221 Å². The normalized spacial score (nSPS) is 24.4. The van der Waals surface area contributed by atoms with Crippen LogP contribution < -0.4 is 11.1 Å². The Hall–Kier alpha value is -2.49. The Morgan fingerprint density at radius 3 is 1.78 bits per heavy atom. The zero-order chi connectivity index (χ0) is 26.9. The van der Waals surface area contributed by atoms with Crippen LogP contribution in [0.1, 0.15) is 44.7 Å². The Morgan fingerprint density at radius 2 is 1.35 bits per heavy atom. The summed E-state index contributed by atoms with van der Waals surface area (Å²) in [5, 5.41) is 23.2. The second kappa shape index (κ2) is 12.8. The lowest BCUT2D eigenvalue weighted by Gasteiger charge is -2.25. The molecule has 0 bridgehead atoms. The van der Waals surface area contributed by atoms with Crippen molar-refractivity contribution in [3.8, 4) is 0 Å². The summed E-state index contributed by atoms with van der Waals surface area (Å²) in [6.45, 7) is 10.7. The number of rotatable bonds is 7. The number of nitrogens with zero attached hydrogens (tertiary/aromatic N) is 2. The molecule has 8 heteroatoms. The number of carbonyl (C=O) groups excluding carboxylic acids is 1. The quantitative estimate of drug-likeness (QED) is 0.451. The zero-order valence-corrected chi connectivity index (χ0v) is 22.5. The van der Waals surface area contributed by atoms with Gasteiger partial charge < -0.3 is 26.0 Å². The number of nitrogens with one attached hydrogen (secondary N) is 1. The van der Waals surface area contributed by atoms with Gasteiger partial charge in [-0.25, -0.2) is 4.79 Å². The minimum atomic E-state index is -0.883. The molecule has 2 aromatic carbocycles. The molecule has 2 aromatic rings. The predicted octanol–water partition coefficient (Wildman–Crippen LogP) is 2.73. The predicted molar refractivity (Wildman–Crippen MR) is 146 cm³/mol. The molecule has 1 amide bonds. The first-order chi connectivity index (χ1) is 17.5. The number of β-amino-alcohol motifs (C(OH)–C–C–N with tert-alkyl or cyclic N) is 2. The minimum absolute atomic E-state index is 0.215. The van der Waals surface area contributed by atoms with Crippen molar-refractivity contribution in [3.63, 3.8) is 0 Å². The van der Waals surface area contributed by atoms with Crippen LogP contribution in [-0.4, -0.2) is 82.2 Å². The highest BCUT2D eigenvalue weighted by Gasteiger charge is 2.37. The van der Waals surface area contributed by atoms with Gasteiger partial charge in [0, 0.05) is 45.8 Å². The van der Waals surface area contributed by atoms with E-state index in [4.69, 9.17) is 10.5 Å². The summed E-state index contributed by atoms with van der Waals surface area (Å²) < 4.78 is 5.19. The summed E-state index contributed by atoms with van der Waals surface area (Å²) in [7, 11) is 0. The molecule has 2 saturated heterocycles. The fourth-order valence-electron chi connectivity index (χ4n) is 4.70. The number of aliphatic hydroxyl groups is 2. The SMILES string of the molecule is CC(C)(C)OC(=O)NCC1(O)CCN(Cc2ccccc2)C1.NCC1(O)CCN(Cc2ccccc2)C1. The van der Waals surface area contributed by atoms with Crippen molar-refractivity contribution in [2.75, 3.05) is 39.3 Å². The van der Waals surface area contributed by atoms with Gasteiger partial charge in [0.2, 0.25) is 0 Å². The first-order valence-electron chi connectivity index (χ1n) is 13.1. The topological polar surface area (TPSA) is 111 Å². The molecule has 8 nitrogen and oxygen atoms in total. The molecule has 5 N–H and O–H groups in total. The molecule has 204 valence electrons. The van der Waals surface area contributed by atoms with Crippen molar-refractivity contribution < 1.29 is 19.7 Å². The van der Waals surface area contributed by atoms with Crippen LogP contribution in [0, 0.1) is 0 Å². The molecule has 0 saturated carbocycles. The smallest absolute Gasteiger partial charge is 0.407 e. The van der Waals surface area contributed by atoms with Crippen LogP contribution in [0.4, 0.5) is 4.79 Å². The second-order valence-corrected chi connectivity index (χ2v) is 11.4. The summed E-state index contributed by atoms with van der Waals surface area (Å²) in [5.41, 5.74) is 6.00. The molecular weight excluding hydrogens is 468 g/mol. The van der Waals surface area contributed by atoms with Crippen LogP contribution in [0.25, 0.3) is 0 Å². The Morgan fingerprint density at radius 1 is 0.892 bits per heavy atom. The number of hydrogen-bond acceptors (Lipinski definition) is 7. The van der Waals surface area contributed by atoms with Crippen LogP contribution in [-0.2, 0) is 17.8 Å². The number of hydrogen-bond donors (Lipinski definition) is 4. The van der Waals surface area contributed by atoms with E-state index < -0.39 is 22.9 Å². The number of amides is 1. The summed E-state index contributed by atoms with van der Waals surface area (Å²) >= 11 is 0. The third kappa shape index (κ3) is 10.1. The number of carbonyl (C=O) groups is 1. The number of benzene rings is 2. The van der Waals surface area contributed by atoms with Gasteiger partial charge in [0.1, 0.15) is 5.60 Å². The first-order valence-corrected chi connectivity index (χ1v) is 13.1. The van der Waals surface area contributed by atoms with Gasteiger partial charge >= 0.3 is 6.09 Å². The number of ether oxygens (including phenoxy) is 1. The van der Waals surface area contributed by atoms with Crippen molar-refractivity contribution in [2.24, 2.45) is 5.73 Å². The lowest BCUT2D eigenvalue weighted by Crippen LogP contribution is -2.46. The lowest BCUT2D eigenvalue weighted by molar-refractivity contribution is 0.0285. The molecular formula is C29H44N4O4. The van der Waals surface area contributed by atoms with Crippen LogP contribution in [0.2, 0.25) is 0 Å². The van der Waals surface area contributed by atoms with E-state index in [1.54, 1.807) is 0 Å². The molecule has 0 aromatic heterocycles. The summed E-state index contributed by atoms with van der Waals surface area (Å²) in [6.07, 6.45) is 0.953. The highest BCUT2D eigenvalue weighted by molar-refractivity contribution is 5.67. The molecule has 0 spiro atoms. The number of likely N-dealkylation sites (tertiary alicyclic amines) is 2. The van der Waals surface area contributed by atoms with Gasteiger partial charge in [-0.05, 0) is 44.7 Å². The third-order valence-corrected chi connectivity index (χ3v) is 6.66. The standard InChI is InChI=1S/C17H26N2O3.C12H18N2O/c1-16(2,3)22-15(20)18-12-17(21)9-10-19(13-17)11-14-7-5-4-6-8-14;13-9-12(15)6-7-14(10-12)8-11-4-2-1-3-5-11/h4-8,21H,9-13H2,1-3H3,(H,18,20);1-5,15H,6-10,13H2. The molecule has 0 aliphatic carbocycles. The summed E-state index contributed by atoms with van der Waals surface area (Å²) in [4.78, 5) is 16.1. The highest BCUT2D eigenvalue weighted by Crippen LogP contribution is 2.23. The summed E-state index contributed by atoms with van der Waals surface area (Å²) in [6, 6.07) is 20.5. The second-order valence-electron chi connectivity index (χ2n) is 11.4. The average Bonchev–Trinajstić information content (AvgIpc) is 3.41. The van der Waals surface area contributed by atoms with Crippen molar-refractivity contribution >= 4 is 6.09 Å². The van der Waals surface area contributed by atoms with E-state index in [1.807, 2.05) is 57.2 Å². The van der Waals surface area contributed by atoms with E-state index in [0.717, 1.165) is 32.6 Å². The number of nitrogens with two attached hydrogens (primary N) is 1. The Bertz CT molecular complexity index is 969. The molecule has 2 aliphatic heterocycles. The monoisotopic (exact) mass is 512 g/mol. The van der Waals surface area contributed by atoms with Gasteiger partial charge in [-0.15, -0.1) is 0 Å². The van der Waals surface area contributed by atoms with Gasteiger partial charge in [-0.3, -0.25) is 9.80 Å². The van der Waals surface area contributed by atoms with Crippen molar-refractivity contribution in [2.45, 2.75) is 63.5 Å². The van der Waals surface area contributed by atoms with Gasteiger partial charge in [0.05, 0.1) is 17.7 Å². The summed E-state index contributed by atoms with van der Waals surface area (Å²) in [5.74, 6) is 0. The van der Waals surface area contributed by atoms with E-state index in [0.29, 0.717) is 26.1 Å². The van der Waals surface area contributed by atoms with Crippen LogP contribution >= 0.6 is 0 Å².